The fourth-order valence-electron chi connectivity index (χ4n) is 4.84. The van der Waals surface area contributed by atoms with Crippen molar-refractivity contribution in [1.82, 2.24) is 0 Å². The number of aryl methyl sites for hydroxylation is 2. The molecule has 0 heterocycles. The van der Waals surface area contributed by atoms with Crippen molar-refractivity contribution >= 4 is 23.3 Å². The number of carboxylic acids is 1. The molecule has 0 saturated heterocycles. The molecule has 0 aromatic heterocycles. The Morgan fingerprint density at radius 3 is 2.23 bits per heavy atom. The Hall–Kier alpha value is -3.19. The third-order valence-corrected chi connectivity index (χ3v) is 6.53. The first-order valence-electron chi connectivity index (χ1n) is 12.2. The van der Waals surface area contributed by atoms with E-state index < -0.39 is 17.6 Å². The van der Waals surface area contributed by atoms with Crippen LogP contribution < -0.4 is 15.8 Å². The number of carboxylic acid groups (broad SMARTS) is 1. The average Bonchev–Trinajstić information content (AvgIpc) is 3.24. The Labute approximate surface area is 207 Å². The second-order valence-electron chi connectivity index (χ2n) is 9.96. The zero-order valence-corrected chi connectivity index (χ0v) is 20.8. The van der Waals surface area contributed by atoms with Crippen molar-refractivity contribution in [3.63, 3.8) is 0 Å². The molecular weight excluding hydrogens is 444 g/mol. The molecule has 1 saturated carbocycles. The Balaban J connectivity index is 1.60. The minimum absolute atomic E-state index is 0.00279. The average molecular weight is 481 g/mol. The third-order valence-electron chi connectivity index (χ3n) is 6.53. The maximum absolute atomic E-state index is 13.2. The maximum atomic E-state index is 13.2. The molecule has 7 heteroatoms. The molecule has 1 aliphatic rings. The zero-order valence-electron chi connectivity index (χ0n) is 20.8. The van der Waals surface area contributed by atoms with Crippen LogP contribution in [0.25, 0.3) is 0 Å². The van der Waals surface area contributed by atoms with Gasteiger partial charge in [0.2, 0.25) is 5.91 Å². The summed E-state index contributed by atoms with van der Waals surface area (Å²) < 4.78 is 6.26. The number of carbonyl (C=O) groups is 3. The molecule has 0 radical (unpaired) electrons. The van der Waals surface area contributed by atoms with Gasteiger partial charge in [-0.05, 0) is 92.8 Å². The lowest BCUT2D eigenvalue weighted by atomic mass is 9.87. The van der Waals surface area contributed by atoms with E-state index >= 15 is 0 Å². The van der Waals surface area contributed by atoms with Gasteiger partial charge in [0.1, 0.15) is 11.8 Å². The Morgan fingerprint density at radius 2 is 1.66 bits per heavy atom. The lowest BCUT2D eigenvalue weighted by molar-refractivity contribution is -0.140. The van der Waals surface area contributed by atoms with Crippen LogP contribution in [0.4, 0.5) is 5.69 Å². The summed E-state index contributed by atoms with van der Waals surface area (Å²) in [6.45, 7) is 5.84. The summed E-state index contributed by atoms with van der Waals surface area (Å²) in [6.07, 6.45) is 3.82. The van der Waals surface area contributed by atoms with Crippen molar-refractivity contribution in [1.29, 1.82) is 0 Å². The summed E-state index contributed by atoms with van der Waals surface area (Å²) in [4.78, 5) is 36.7. The highest BCUT2D eigenvalue weighted by Gasteiger charge is 2.43. The maximum Gasteiger partial charge on any atom is 0.320 e. The van der Waals surface area contributed by atoms with Crippen LogP contribution in [0.15, 0.2) is 42.5 Å². The van der Waals surface area contributed by atoms with Crippen LogP contribution in [0.3, 0.4) is 0 Å². The van der Waals surface area contributed by atoms with Gasteiger partial charge >= 0.3 is 5.97 Å². The number of anilines is 1. The van der Waals surface area contributed by atoms with Gasteiger partial charge in [0.25, 0.3) is 0 Å². The molecule has 2 aromatic carbocycles. The minimum Gasteiger partial charge on any atom is -0.480 e. The van der Waals surface area contributed by atoms with Crippen LogP contribution in [0.5, 0.6) is 5.75 Å². The standard InChI is InChI=1S/C28H36N2O5/c1-18-12-19(2)14-22(13-18)30-26(32)17-21-6-8-23(9-7-21)35-28(10-4-5-11-28)25(31)16-20(3)15-24(29)27(33)34/h6-9,12-14,20,24H,4-5,10-11,15-17,29H2,1-3H3,(H,30,32)(H,33,34)/t20?,24-/m0/s1. The first kappa shape index (κ1) is 26.4. The zero-order chi connectivity index (χ0) is 25.6. The molecule has 1 aliphatic carbocycles. The first-order chi connectivity index (χ1) is 16.6. The molecule has 1 fully saturated rings. The van der Waals surface area contributed by atoms with E-state index in [9.17, 15) is 14.4 Å². The molecule has 35 heavy (non-hydrogen) atoms. The number of amides is 1. The summed E-state index contributed by atoms with van der Waals surface area (Å²) in [5.41, 5.74) is 8.57. The molecule has 1 amide bonds. The number of nitrogens with two attached hydrogens (primary N) is 1. The number of ether oxygens (including phenoxy) is 1. The molecule has 7 nitrogen and oxygen atoms in total. The van der Waals surface area contributed by atoms with E-state index in [1.807, 2.05) is 45.0 Å². The molecule has 1 unspecified atom stereocenters. The van der Waals surface area contributed by atoms with Gasteiger partial charge in [-0.15, -0.1) is 0 Å². The molecule has 2 aromatic rings. The number of Topliss-reactive ketones (excluding diaryl/α,β-unsaturated/α-hetero) is 1. The highest BCUT2D eigenvalue weighted by Crippen LogP contribution is 2.37. The summed E-state index contributed by atoms with van der Waals surface area (Å²) in [5.74, 6) is -0.711. The largest absolute Gasteiger partial charge is 0.480 e. The molecule has 3 rings (SSSR count). The van der Waals surface area contributed by atoms with Crippen molar-refractivity contribution in [3.8, 4) is 5.75 Å². The lowest BCUT2D eigenvalue weighted by Gasteiger charge is -2.30. The van der Waals surface area contributed by atoms with Gasteiger partial charge in [-0.25, -0.2) is 0 Å². The molecule has 0 bridgehead atoms. The molecular formula is C28H36N2O5. The quantitative estimate of drug-likeness (QED) is 0.433. The number of nitrogens with one attached hydrogen (secondary N) is 1. The van der Waals surface area contributed by atoms with Crippen LogP contribution in [0.1, 0.15) is 62.1 Å². The van der Waals surface area contributed by atoms with E-state index in [0.29, 0.717) is 18.6 Å². The van der Waals surface area contributed by atoms with Crippen molar-refractivity contribution < 1.29 is 24.2 Å². The van der Waals surface area contributed by atoms with Gasteiger partial charge in [-0.1, -0.05) is 25.1 Å². The summed E-state index contributed by atoms with van der Waals surface area (Å²) in [5, 5.41) is 12.0. The number of carbonyl (C=O) groups excluding carboxylic acids is 2. The number of rotatable bonds is 11. The second-order valence-corrected chi connectivity index (χ2v) is 9.96. The molecule has 4 N–H and O–H groups in total. The highest BCUT2D eigenvalue weighted by atomic mass is 16.5. The predicted molar refractivity (Wildman–Crippen MR) is 136 cm³/mol. The van der Waals surface area contributed by atoms with Gasteiger partial charge in [0.15, 0.2) is 11.4 Å². The van der Waals surface area contributed by atoms with E-state index in [2.05, 4.69) is 11.4 Å². The summed E-state index contributed by atoms with van der Waals surface area (Å²) in [6, 6.07) is 12.3. The molecule has 2 atom stereocenters. The van der Waals surface area contributed by atoms with Crippen LogP contribution in [0.2, 0.25) is 0 Å². The first-order valence-corrected chi connectivity index (χ1v) is 12.2. The number of aliphatic carboxylic acids is 1. The normalized spacial score (nSPS) is 16.3. The van der Waals surface area contributed by atoms with Crippen molar-refractivity contribution in [3.05, 3.63) is 59.2 Å². The Morgan fingerprint density at radius 1 is 1.06 bits per heavy atom. The van der Waals surface area contributed by atoms with Gasteiger partial charge in [-0.3, -0.25) is 14.4 Å². The van der Waals surface area contributed by atoms with Crippen molar-refractivity contribution in [2.75, 3.05) is 5.32 Å². The summed E-state index contributed by atoms with van der Waals surface area (Å²) in [7, 11) is 0. The van der Waals surface area contributed by atoms with Crippen LogP contribution in [-0.2, 0) is 20.8 Å². The minimum atomic E-state index is -1.06. The predicted octanol–water partition coefficient (Wildman–Crippen LogP) is 4.57. The molecule has 188 valence electrons. The van der Waals surface area contributed by atoms with E-state index in [-0.39, 0.29) is 36.9 Å². The third kappa shape index (κ3) is 7.39. The smallest absolute Gasteiger partial charge is 0.320 e. The van der Waals surface area contributed by atoms with E-state index in [1.54, 1.807) is 12.1 Å². The van der Waals surface area contributed by atoms with Crippen LogP contribution in [0, 0.1) is 19.8 Å². The molecule has 0 spiro atoms. The number of ketones is 1. The lowest BCUT2D eigenvalue weighted by Crippen LogP contribution is -2.43. The van der Waals surface area contributed by atoms with Crippen molar-refractivity contribution in [2.24, 2.45) is 11.7 Å². The Bertz CT molecular complexity index is 1040. The van der Waals surface area contributed by atoms with Gasteiger partial charge < -0.3 is 20.9 Å². The number of benzene rings is 2. The Kier molecular flexibility index (Phi) is 8.67. The van der Waals surface area contributed by atoms with E-state index in [0.717, 1.165) is 35.2 Å². The highest BCUT2D eigenvalue weighted by molar-refractivity contribution is 5.92. The molecule has 0 aliphatic heterocycles. The van der Waals surface area contributed by atoms with Gasteiger partial charge in [0.05, 0.1) is 6.42 Å². The SMILES string of the molecule is Cc1cc(C)cc(NC(=O)Cc2ccc(OC3(C(=O)CC(C)C[C@H](N)C(=O)O)CCCC3)cc2)c1. The van der Waals surface area contributed by atoms with Gasteiger partial charge in [0, 0.05) is 12.1 Å². The topological polar surface area (TPSA) is 119 Å². The van der Waals surface area contributed by atoms with E-state index in [4.69, 9.17) is 15.6 Å². The number of hydrogen-bond donors (Lipinski definition) is 3. The van der Waals surface area contributed by atoms with Crippen molar-refractivity contribution in [2.45, 2.75) is 77.4 Å². The van der Waals surface area contributed by atoms with E-state index in [1.165, 1.54) is 0 Å². The summed E-state index contributed by atoms with van der Waals surface area (Å²) >= 11 is 0. The van der Waals surface area contributed by atoms with Crippen LogP contribution >= 0.6 is 0 Å². The van der Waals surface area contributed by atoms with Crippen LogP contribution in [-0.4, -0.2) is 34.4 Å². The second kappa shape index (κ2) is 11.5. The number of hydrogen-bond acceptors (Lipinski definition) is 5. The monoisotopic (exact) mass is 480 g/mol. The fourth-order valence-corrected chi connectivity index (χ4v) is 4.84. The van der Waals surface area contributed by atoms with Gasteiger partial charge in [-0.2, -0.15) is 0 Å². The fraction of sp³-hybridized carbons (Fsp3) is 0.464.